The van der Waals surface area contributed by atoms with Gasteiger partial charge in [-0.1, -0.05) is 31.2 Å². The third kappa shape index (κ3) is 7.16. The van der Waals surface area contributed by atoms with Gasteiger partial charge in [0.1, 0.15) is 5.84 Å². The van der Waals surface area contributed by atoms with Crippen molar-refractivity contribution in [1.29, 1.82) is 5.41 Å². The van der Waals surface area contributed by atoms with Crippen molar-refractivity contribution >= 4 is 34.2 Å². The fraction of sp³-hybridized carbons (Fsp3) is 0.300. The molecule has 0 bridgehead atoms. The van der Waals surface area contributed by atoms with Crippen molar-refractivity contribution in [1.82, 2.24) is 4.72 Å². The fourth-order valence-electron chi connectivity index (χ4n) is 2.69. The Labute approximate surface area is 177 Å². The van der Waals surface area contributed by atoms with Crippen LogP contribution in [0.4, 0.5) is 0 Å². The van der Waals surface area contributed by atoms with E-state index in [-0.39, 0.29) is 41.6 Å². The van der Waals surface area contributed by atoms with E-state index in [1.807, 2.05) is 31.2 Å². The van der Waals surface area contributed by atoms with E-state index in [1.54, 1.807) is 0 Å². The van der Waals surface area contributed by atoms with Gasteiger partial charge in [-0.05, 0) is 47.7 Å². The number of carbonyl (C=O) groups is 1. The first kappa shape index (κ1) is 24.6. The number of hydrogen-bond acceptors (Lipinski definition) is 5. The van der Waals surface area contributed by atoms with Crippen molar-refractivity contribution in [3.8, 4) is 0 Å². The van der Waals surface area contributed by atoms with Crippen LogP contribution in [-0.2, 0) is 26.0 Å². The number of nitrogens with one attached hydrogen (secondary N) is 2. The zero-order valence-electron chi connectivity index (χ0n) is 16.3. The molecule has 29 heavy (non-hydrogen) atoms. The minimum Gasteiger partial charge on any atom is -0.469 e. The first-order valence-corrected chi connectivity index (χ1v) is 10.3. The highest BCUT2D eigenvalue weighted by Gasteiger charge is 2.14. The third-order valence-corrected chi connectivity index (χ3v) is 5.91. The second-order valence-electron chi connectivity index (χ2n) is 6.51. The third-order valence-electron chi connectivity index (χ3n) is 4.43. The average Bonchev–Trinajstić information content (AvgIpc) is 2.68. The molecule has 1 atom stereocenters. The number of hydrogen-bond donors (Lipinski definition) is 3. The van der Waals surface area contributed by atoms with E-state index in [0.717, 1.165) is 11.1 Å². The molecule has 0 heterocycles. The summed E-state index contributed by atoms with van der Waals surface area (Å²) in [4.78, 5) is 11.5. The molecule has 1 unspecified atom stereocenters. The molecule has 158 valence electrons. The molecule has 2 rings (SSSR count). The van der Waals surface area contributed by atoms with Crippen LogP contribution >= 0.6 is 12.4 Å². The van der Waals surface area contributed by atoms with Gasteiger partial charge < -0.3 is 10.5 Å². The SMILES string of the molecule is COC(=O)CC(C)c1ccc(CCNS(=O)(=O)c2ccc(C(=N)N)cc2)cc1.Cl. The highest BCUT2D eigenvalue weighted by molar-refractivity contribution is 7.89. The Bertz CT molecular complexity index is 929. The van der Waals surface area contributed by atoms with Gasteiger partial charge in [0, 0.05) is 12.1 Å². The van der Waals surface area contributed by atoms with Crippen molar-refractivity contribution < 1.29 is 17.9 Å². The second kappa shape index (κ2) is 10.9. The van der Waals surface area contributed by atoms with Gasteiger partial charge in [-0.25, -0.2) is 13.1 Å². The van der Waals surface area contributed by atoms with Crippen molar-refractivity contribution in [2.45, 2.75) is 30.6 Å². The minimum atomic E-state index is -3.62. The molecule has 7 nitrogen and oxygen atoms in total. The lowest BCUT2D eigenvalue weighted by Crippen LogP contribution is -2.26. The highest BCUT2D eigenvalue weighted by Crippen LogP contribution is 2.20. The summed E-state index contributed by atoms with van der Waals surface area (Å²) >= 11 is 0. The van der Waals surface area contributed by atoms with E-state index in [2.05, 4.69) is 9.46 Å². The number of nitrogens with two attached hydrogens (primary N) is 1. The Kier molecular flexibility index (Phi) is 9.29. The molecule has 2 aromatic rings. The lowest BCUT2D eigenvalue weighted by molar-refractivity contribution is -0.140. The highest BCUT2D eigenvalue weighted by atomic mass is 35.5. The van der Waals surface area contributed by atoms with Crippen LogP contribution in [0.15, 0.2) is 53.4 Å². The number of amidine groups is 1. The maximum absolute atomic E-state index is 12.3. The van der Waals surface area contributed by atoms with Crippen LogP contribution in [0.25, 0.3) is 0 Å². The first-order valence-electron chi connectivity index (χ1n) is 8.82. The van der Waals surface area contributed by atoms with E-state index < -0.39 is 10.0 Å². The summed E-state index contributed by atoms with van der Waals surface area (Å²) in [5, 5.41) is 7.34. The van der Waals surface area contributed by atoms with Crippen LogP contribution in [0.3, 0.4) is 0 Å². The monoisotopic (exact) mass is 439 g/mol. The molecule has 0 saturated heterocycles. The summed E-state index contributed by atoms with van der Waals surface area (Å²) in [5.41, 5.74) is 7.86. The summed E-state index contributed by atoms with van der Waals surface area (Å²) in [6, 6.07) is 13.6. The first-order chi connectivity index (χ1) is 13.2. The van der Waals surface area contributed by atoms with Gasteiger partial charge in [-0.3, -0.25) is 10.2 Å². The predicted octanol–water partition coefficient (Wildman–Crippen LogP) is 2.58. The summed E-state index contributed by atoms with van der Waals surface area (Å²) in [7, 11) is -2.25. The number of esters is 1. The zero-order chi connectivity index (χ0) is 20.7. The summed E-state index contributed by atoms with van der Waals surface area (Å²) in [6.07, 6.45) is 0.856. The van der Waals surface area contributed by atoms with Crippen LogP contribution in [0, 0.1) is 5.41 Å². The Hall–Kier alpha value is -2.42. The number of benzene rings is 2. The molecular weight excluding hydrogens is 414 g/mol. The quantitative estimate of drug-likeness (QED) is 0.315. The predicted molar refractivity (Wildman–Crippen MR) is 115 cm³/mol. The minimum absolute atomic E-state index is 0. The molecule has 0 aromatic heterocycles. The lowest BCUT2D eigenvalue weighted by atomic mass is 9.96. The van der Waals surface area contributed by atoms with E-state index in [4.69, 9.17) is 11.1 Å². The smallest absolute Gasteiger partial charge is 0.306 e. The molecule has 0 aliphatic heterocycles. The van der Waals surface area contributed by atoms with Gasteiger partial charge >= 0.3 is 5.97 Å². The molecule has 9 heteroatoms. The molecule has 0 saturated carbocycles. The van der Waals surface area contributed by atoms with E-state index >= 15 is 0 Å². The molecule has 0 radical (unpaired) electrons. The van der Waals surface area contributed by atoms with Crippen LogP contribution in [0.1, 0.15) is 36.0 Å². The number of methoxy groups -OCH3 is 1. The topological polar surface area (TPSA) is 122 Å². The number of ether oxygens (including phenoxy) is 1. The normalized spacial score (nSPS) is 11.9. The lowest BCUT2D eigenvalue weighted by Gasteiger charge is -2.11. The van der Waals surface area contributed by atoms with Gasteiger partial charge in [0.15, 0.2) is 0 Å². The van der Waals surface area contributed by atoms with Crippen molar-refractivity contribution in [3.05, 3.63) is 65.2 Å². The zero-order valence-corrected chi connectivity index (χ0v) is 18.0. The molecule has 0 spiro atoms. The van der Waals surface area contributed by atoms with E-state index in [0.29, 0.717) is 18.4 Å². The Balaban J connectivity index is 0.00000420. The van der Waals surface area contributed by atoms with Crippen molar-refractivity contribution in [2.75, 3.05) is 13.7 Å². The van der Waals surface area contributed by atoms with Crippen LogP contribution in [-0.4, -0.2) is 33.9 Å². The Morgan fingerprint density at radius 1 is 1.14 bits per heavy atom. The van der Waals surface area contributed by atoms with Gasteiger partial charge in [0.25, 0.3) is 0 Å². The average molecular weight is 440 g/mol. The van der Waals surface area contributed by atoms with Gasteiger partial charge in [0.05, 0.1) is 18.4 Å². The molecular formula is C20H26ClN3O4S. The number of rotatable bonds is 9. The molecule has 0 fully saturated rings. The van der Waals surface area contributed by atoms with Crippen molar-refractivity contribution in [2.24, 2.45) is 5.73 Å². The maximum Gasteiger partial charge on any atom is 0.306 e. The van der Waals surface area contributed by atoms with Crippen molar-refractivity contribution in [3.63, 3.8) is 0 Å². The largest absolute Gasteiger partial charge is 0.469 e. The molecule has 0 aliphatic carbocycles. The van der Waals surface area contributed by atoms with Gasteiger partial charge in [-0.15, -0.1) is 12.4 Å². The molecule has 2 aromatic carbocycles. The number of nitrogen functional groups attached to an aromatic ring is 1. The second-order valence-corrected chi connectivity index (χ2v) is 8.28. The summed E-state index contributed by atoms with van der Waals surface area (Å²) in [5.74, 6) is -0.304. The van der Waals surface area contributed by atoms with E-state index in [1.165, 1.54) is 31.4 Å². The van der Waals surface area contributed by atoms with Crippen LogP contribution < -0.4 is 10.5 Å². The van der Waals surface area contributed by atoms with Gasteiger partial charge in [-0.2, -0.15) is 0 Å². The van der Waals surface area contributed by atoms with Crippen LogP contribution in [0.2, 0.25) is 0 Å². The number of sulfonamides is 1. The maximum atomic E-state index is 12.3. The molecule has 0 amide bonds. The molecule has 4 N–H and O–H groups in total. The molecule has 0 aliphatic rings. The summed E-state index contributed by atoms with van der Waals surface area (Å²) in [6.45, 7) is 2.21. The number of halogens is 1. The standard InChI is InChI=1S/C20H25N3O4S.ClH/c1-14(13-19(24)27-2)16-5-3-15(4-6-16)11-12-23-28(25,26)18-9-7-17(8-10-18)20(21)22;/h3-10,14,23H,11-13H2,1-2H3,(H3,21,22);1H. The van der Waals surface area contributed by atoms with Crippen LogP contribution in [0.5, 0.6) is 0 Å². The van der Waals surface area contributed by atoms with E-state index in [9.17, 15) is 13.2 Å². The fourth-order valence-corrected chi connectivity index (χ4v) is 3.72. The Morgan fingerprint density at radius 3 is 2.24 bits per heavy atom. The Morgan fingerprint density at radius 2 is 1.72 bits per heavy atom. The number of carbonyl (C=O) groups excluding carboxylic acids is 1. The van der Waals surface area contributed by atoms with Gasteiger partial charge in [0.2, 0.25) is 10.0 Å². The summed E-state index contributed by atoms with van der Waals surface area (Å²) < 4.78 is 31.9.